The van der Waals surface area contributed by atoms with E-state index < -0.39 is 4.92 Å². The fourth-order valence-corrected chi connectivity index (χ4v) is 1.16. The first-order valence-electron chi connectivity index (χ1n) is 4.73. The first-order valence-corrected chi connectivity index (χ1v) is 4.73. The minimum Gasteiger partial charge on any atom is -0.487 e. The third kappa shape index (κ3) is 4.04. The van der Waals surface area contributed by atoms with E-state index in [4.69, 9.17) is 10.5 Å². The van der Waals surface area contributed by atoms with E-state index >= 15 is 0 Å². The molecule has 0 heterocycles. The van der Waals surface area contributed by atoms with Gasteiger partial charge < -0.3 is 10.5 Å². The summed E-state index contributed by atoms with van der Waals surface area (Å²) in [6.07, 6.45) is 0.686. The SMILES string of the molecule is Cc1ccc(OCCCN)c([N+](=O)[O-])c1.Cl. The van der Waals surface area contributed by atoms with Crippen molar-refractivity contribution in [3.05, 3.63) is 33.9 Å². The van der Waals surface area contributed by atoms with Crippen LogP contribution in [-0.2, 0) is 0 Å². The van der Waals surface area contributed by atoms with Crippen LogP contribution in [0, 0.1) is 17.0 Å². The molecule has 0 saturated heterocycles. The molecule has 16 heavy (non-hydrogen) atoms. The summed E-state index contributed by atoms with van der Waals surface area (Å²) in [7, 11) is 0. The van der Waals surface area contributed by atoms with Crippen molar-refractivity contribution < 1.29 is 9.66 Å². The fourth-order valence-electron chi connectivity index (χ4n) is 1.16. The third-order valence-electron chi connectivity index (χ3n) is 1.92. The molecule has 1 aromatic rings. The van der Waals surface area contributed by atoms with Gasteiger partial charge in [-0.25, -0.2) is 0 Å². The van der Waals surface area contributed by atoms with Gasteiger partial charge in [0.05, 0.1) is 11.5 Å². The number of hydrogen-bond donors (Lipinski definition) is 1. The highest BCUT2D eigenvalue weighted by Gasteiger charge is 2.14. The van der Waals surface area contributed by atoms with Crippen LogP contribution in [0.4, 0.5) is 5.69 Å². The second-order valence-electron chi connectivity index (χ2n) is 3.22. The summed E-state index contributed by atoms with van der Waals surface area (Å²) in [5, 5.41) is 10.7. The quantitative estimate of drug-likeness (QED) is 0.490. The summed E-state index contributed by atoms with van der Waals surface area (Å²) in [5.41, 5.74) is 6.15. The summed E-state index contributed by atoms with van der Waals surface area (Å²) in [4.78, 5) is 10.3. The number of nitro benzene ring substituents is 1. The summed E-state index contributed by atoms with van der Waals surface area (Å²) >= 11 is 0. The Morgan fingerprint density at radius 1 is 1.50 bits per heavy atom. The van der Waals surface area contributed by atoms with Gasteiger partial charge in [-0.1, -0.05) is 6.07 Å². The van der Waals surface area contributed by atoms with Crippen LogP contribution in [0.1, 0.15) is 12.0 Å². The molecule has 1 aromatic carbocycles. The highest BCUT2D eigenvalue weighted by atomic mass is 35.5. The molecule has 90 valence electrons. The Balaban J connectivity index is 0.00000225. The van der Waals surface area contributed by atoms with Crippen molar-refractivity contribution in [1.29, 1.82) is 0 Å². The number of benzene rings is 1. The van der Waals surface area contributed by atoms with Gasteiger partial charge in [0.25, 0.3) is 0 Å². The van der Waals surface area contributed by atoms with Crippen LogP contribution in [0.3, 0.4) is 0 Å². The largest absolute Gasteiger partial charge is 0.487 e. The first-order chi connectivity index (χ1) is 7.15. The van der Waals surface area contributed by atoms with Crippen LogP contribution in [0.15, 0.2) is 18.2 Å². The number of aryl methyl sites for hydroxylation is 1. The number of nitro groups is 1. The molecule has 0 bridgehead atoms. The molecule has 0 aromatic heterocycles. The van der Waals surface area contributed by atoms with Gasteiger partial charge in [0.2, 0.25) is 0 Å². The second kappa shape index (κ2) is 7.03. The van der Waals surface area contributed by atoms with Gasteiger partial charge in [-0.15, -0.1) is 12.4 Å². The molecule has 0 aliphatic heterocycles. The Morgan fingerprint density at radius 3 is 2.75 bits per heavy atom. The minimum atomic E-state index is -0.440. The molecule has 0 atom stereocenters. The lowest BCUT2D eigenvalue weighted by molar-refractivity contribution is -0.385. The molecule has 0 unspecified atom stereocenters. The smallest absolute Gasteiger partial charge is 0.311 e. The molecular formula is C10H15ClN2O3. The normalized spacial score (nSPS) is 9.38. The van der Waals surface area contributed by atoms with Gasteiger partial charge in [-0.05, 0) is 31.5 Å². The number of rotatable bonds is 5. The van der Waals surface area contributed by atoms with E-state index in [1.54, 1.807) is 19.1 Å². The van der Waals surface area contributed by atoms with Crippen LogP contribution >= 0.6 is 12.4 Å². The Hall–Kier alpha value is -1.33. The van der Waals surface area contributed by atoms with Crippen molar-refractivity contribution in [2.45, 2.75) is 13.3 Å². The standard InChI is InChI=1S/C10H14N2O3.ClH/c1-8-3-4-10(15-6-2-5-11)9(7-8)12(13)14;/h3-4,7H,2,5-6,11H2,1H3;1H. The van der Waals surface area contributed by atoms with Crippen molar-refractivity contribution >= 4 is 18.1 Å². The predicted molar refractivity (Wildman–Crippen MR) is 64.2 cm³/mol. The van der Waals surface area contributed by atoms with E-state index in [1.165, 1.54) is 6.07 Å². The van der Waals surface area contributed by atoms with Crippen molar-refractivity contribution in [3.63, 3.8) is 0 Å². The lowest BCUT2D eigenvalue weighted by atomic mass is 10.2. The molecule has 0 fully saturated rings. The summed E-state index contributed by atoms with van der Waals surface area (Å²) < 4.78 is 5.27. The van der Waals surface area contributed by atoms with Gasteiger partial charge in [0, 0.05) is 6.07 Å². The maximum Gasteiger partial charge on any atom is 0.311 e. The summed E-state index contributed by atoms with van der Waals surface area (Å²) in [6.45, 7) is 2.72. The van der Waals surface area contributed by atoms with Gasteiger partial charge >= 0.3 is 5.69 Å². The molecule has 0 radical (unpaired) electrons. The molecule has 6 heteroatoms. The lowest BCUT2D eigenvalue weighted by Crippen LogP contribution is -2.07. The molecule has 5 nitrogen and oxygen atoms in total. The van der Waals surface area contributed by atoms with Crippen LogP contribution in [0.5, 0.6) is 5.75 Å². The minimum absolute atomic E-state index is 0. The molecule has 0 saturated carbocycles. The van der Waals surface area contributed by atoms with Crippen molar-refractivity contribution in [2.75, 3.05) is 13.2 Å². The van der Waals surface area contributed by atoms with E-state index in [1.807, 2.05) is 0 Å². The monoisotopic (exact) mass is 246 g/mol. The van der Waals surface area contributed by atoms with Crippen LogP contribution in [0.2, 0.25) is 0 Å². The Morgan fingerprint density at radius 2 is 2.19 bits per heavy atom. The van der Waals surface area contributed by atoms with E-state index in [0.29, 0.717) is 25.3 Å². The van der Waals surface area contributed by atoms with Gasteiger partial charge in [-0.2, -0.15) is 0 Å². The zero-order valence-corrected chi connectivity index (χ0v) is 9.83. The van der Waals surface area contributed by atoms with Crippen LogP contribution in [0.25, 0.3) is 0 Å². The second-order valence-corrected chi connectivity index (χ2v) is 3.22. The van der Waals surface area contributed by atoms with E-state index in [-0.39, 0.29) is 18.1 Å². The van der Waals surface area contributed by atoms with Crippen molar-refractivity contribution in [3.8, 4) is 5.75 Å². The Bertz CT molecular complexity index is 358. The number of ether oxygens (including phenoxy) is 1. The number of nitrogens with two attached hydrogens (primary N) is 1. The maximum atomic E-state index is 10.7. The highest BCUT2D eigenvalue weighted by molar-refractivity contribution is 5.85. The molecule has 2 N–H and O–H groups in total. The van der Waals surface area contributed by atoms with Crippen LogP contribution < -0.4 is 10.5 Å². The zero-order valence-electron chi connectivity index (χ0n) is 9.01. The highest BCUT2D eigenvalue weighted by Crippen LogP contribution is 2.27. The zero-order chi connectivity index (χ0) is 11.3. The van der Waals surface area contributed by atoms with Crippen molar-refractivity contribution in [2.24, 2.45) is 5.73 Å². The van der Waals surface area contributed by atoms with E-state index in [9.17, 15) is 10.1 Å². The topological polar surface area (TPSA) is 78.4 Å². The molecule has 0 amide bonds. The predicted octanol–water partition coefficient (Wildman–Crippen LogP) is 2.05. The maximum absolute atomic E-state index is 10.7. The van der Waals surface area contributed by atoms with Gasteiger partial charge in [-0.3, -0.25) is 10.1 Å². The summed E-state index contributed by atoms with van der Waals surface area (Å²) in [6, 6.07) is 4.90. The summed E-state index contributed by atoms with van der Waals surface area (Å²) in [5.74, 6) is 0.305. The lowest BCUT2D eigenvalue weighted by Gasteiger charge is -2.06. The molecule has 0 aliphatic rings. The van der Waals surface area contributed by atoms with Crippen molar-refractivity contribution in [1.82, 2.24) is 0 Å². The third-order valence-corrected chi connectivity index (χ3v) is 1.92. The Labute approximate surface area is 100 Å². The molecule has 1 rings (SSSR count). The average Bonchev–Trinajstić information content (AvgIpc) is 2.20. The first kappa shape index (κ1) is 14.7. The van der Waals surface area contributed by atoms with Gasteiger partial charge in [0.15, 0.2) is 5.75 Å². The Kier molecular flexibility index (Phi) is 6.44. The van der Waals surface area contributed by atoms with E-state index in [0.717, 1.165) is 5.56 Å². The number of hydrogen-bond acceptors (Lipinski definition) is 4. The molecule has 0 spiro atoms. The van der Waals surface area contributed by atoms with E-state index in [2.05, 4.69) is 0 Å². The molecule has 0 aliphatic carbocycles. The fraction of sp³-hybridized carbons (Fsp3) is 0.400. The van der Waals surface area contributed by atoms with Crippen LogP contribution in [-0.4, -0.2) is 18.1 Å². The van der Waals surface area contributed by atoms with Gasteiger partial charge in [0.1, 0.15) is 0 Å². The molecular weight excluding hydrogens is 232 g/mol. The number of halogens is 1. The number of nitrogens with zero attached hydrogens (tertiary/aromatic N) is 1. The average molecular weight is 247 g/mol.